The molecular weight excluding hydrogens is 460 g/mol. The van der Waals surface area contributed by atoms with Gasteiger partial charge in [0.2, 0.25) is 0 Å². The Balaban J connectivity index is -0.000000517. The van der Waals surface area contributed by atoms with E-state index in [1.54, 1.807) is 0 Å². The minimum absolute atomic E-state index is 0.0263. The molecule has 1 aromatic carbocycles. The maximum Gasteiger partial charge on any atom is 0.408 e. The summed E-state index contributed by atoms with van der Waals surface area (Å²) in [5.74, 6) is -4.01. The Morgan fingerprint density at radius 3 is 1.89 bits per heavy atom. The van der Waals surface area contributed by atoms with Crippen molar-refractivity contribution in [2.24, 2.45) is 0 Å². The smallest absolute Gasteiger partial charge is 0.408 e. The third kappa shape index (κ3) is 22.0. The Morgan fingerprint density at radius 2 is 1.46 bits per heavy atom. The number of unbranched alkanes of at least 4 members (excludes halogenated alkanes) is 1. The van der Waals surface area contributed by atoms with Crippen molar-refractivity contribution >= 4 is 29.9 Å². The molecule has 1 aromatic rings. The van der Waals surface area contributed by atoms with E-state index in [0.717, 1.165) is 24.9 Å². The number of hydrogen-bond acceptors (Lipinski definition) is 6. The lowest BCUT2D eigenvalue weighted by Gasteiger charge is -2.12. The maximum absolute atomic E-state index is 11.5. The first kappa shape index (κ1) is 35.9. The summed E-state index contributed by atoms with van der Waals surface area (Å²) in [4.78, 5) is 53.3. The van der Waals surface area contributed by atoms with Crippen molar-refractivity contribution in [2.75, 3.05) is 13.2 Å². The molecule has 0 aliphatic carbocycles. The zero-order chi connectivity index (χ0) is 27.8. The van der Waals surface area contributed by atoms with Crippen LogP contribution in [0.5, 0.6) is 0 Å². The van der Waals surface area contributed by atoms with Gasteiger partial charge in [0, 0.05) is 18.5 Å². The molecule has 0 aromatic heterocycles. The largest absolute Gasteiger partial charge is 0.481 e. The van der Waals surface area contributed by atoms with E-state index >= 15 is 0 Å². The van der Waals surface area contributed by atoms with E-state index in [0.29, 0.717) is 0 Å². The van der Waals surface area contributed by atoms with Gasteiger partial charge in [0.05, 0.1) is 0 Å². The topological polar surface area (TPSA) is 179 Å². The highest BCUT2D eigenvalue weighted by atomic mass is 16.6. The highest BCUT2D eigenvalue weighted by Gasteiger charge is 2.21. The molecule has 0 saturated heterocycles. The van der Waals surface area contributed by atoms with Crippen molar-refractivity contribution in [2.45, 2.75) is 73.3 Å². The molecule has 1 atom stereocenters. The summed E-state index contributed by atoms with van der Waals surface area (Å²) in [7, 11) is 0. The summed E-state index contributed by atoms with van der Waals surface area (Å²) in [6.45, 7) is 12.0. The van der Waals surface area contributed by atoms with Gasteiger partial charge < -0.3 is 30.7 Å². The SMILES string of the molecule is CC.CC.CCCCNC(=O)c1ccc(C)cc1.O=C(O)CCC(NC(=O)OCC(=O)O)C(=O)O. The fourth-order valence-corrected chi connectivity index (χ4v) is 2.02. The highest BCUT2D eigenvalue weighted by molar-refractivity contribution is 5.94. The van der Waals surface area contributed by atoms with Crippen molar-refractivity contribution < 1.29 is 44.0 Å². The molecule has 0 saturated carbocycles. The Morgan fingerprint density at radius 1 is 0.914 bits per heavy atom. The van der Waals surface area contributed by atoms with Crippen molar-refractivity contribution in [3.63, 3.8) is 0 Å². The molecule has 1 rings (SSSR count). The van der Waals surface area contributed by atoms with E-state index in [1.807, 2.05) is 64.2 Å². The number of nitrogens with one attached hydrogen (secondary N) is 2. The van der Waals surface area contributed by atoms with Crippen molar-refractivity contribution in [1.29, 1.82) is 0 Å². The van der Waals surface area contributed by atoms with Crippen molar-refractivity contribution in [1.82, 2.24) is 10.6 Å². The Labute approximate surface area is 206 Å². The molecule has 0 bridgehead atoms. The molecule has 11 nitrogen and oxygen atoms in total. The van der Waals surface area contributed by atoms with Crippen LogP contribution in [0.1, 0.15) is 76.2 Å². The molecule has 0 heterocycles. The lowest BCUT2D eigenvalue weighted by atomic mass is 10.1. The predicted molar refractivity (Wildman–Crippen MR) is 132 cm³/mol. The molecule has 0 aliphatic heterocycles. The van der Waals surface area contributed by atoms with Gasteiger partial charge in [-0.05, 0) is 31.9 Å². The normalized spacial score (nSPS) is 9.77. The molecule has 0 radical (unpaired) electrons. The number of carboxylic acid groups (broad SMARTS) is 3. The molecule has 200 valence electrons. The van der Waals surface area contributed by atoms with Gasteiger partial charge >= 0.3 is 24.0 Å². The second kappa shape index (κ2) is 23.5. The number of aliphatic carboxylic acids is 3. The standard InChI is InChI=1S/C12H17NO.C8H11NO8.2C2H6/c1-3-4-9-13-12(14)11-7-5-10(2)6-8-11;10-5(11)2-1-4(7(14)15)9-8(16)17-3-6(12)13;2*1-2/h5-8H,3-4,9H2,1-2H3,(H,13,14);4H,1-3H2,(H,9,16)(H,10,11)(H,12,13)(H,14,15);2*1-2H3. The average molecular weight is 501 g/mol. The van der Waals surface area contributed by atoms with Crippen LogP contribution in [0, 0.1) is 6.92 Å². The van der Waals surface area contributed by atoms with Crippen LogP contribution in [0.25, 0.3) is 0 Å². The molecule has 0 spiro atoms. The molecule has 0 fully saturated rings. The van der Waals surface area contributed by atoms with Gasteiger partial charge in [0.1, 0.15) is 6.04 Å². The van der Waals surface area contributed by atoms with E-state index in [9.17, 15) is 24.0 Å². The van der Waals surface area contributed by atoms with Crippen molar-refractivity contribution in [3.8, 4) is 0 Å². The van der Waals surface area contributed by atoms with Crippen LogP contribution < -0.4 is 10.6 Å². The molecule has 11 heteroatoms. The highest BCUT2D eigenvalue weighted by Crippen LogP contribution is 2.02. The number of carboxylic acids is 3. The summed E-state index contributed by atoms with van der Waals surface area (Å²) in [5.41, 5.74) is 1.92. The van der Waals surface area contributed by atoms with Gasteiger partial charge in [0.15, 0.2) is 6.61 Å². The fraction of sp³-hybridized carbons (Fsp3) is 0.542. The van der Waals surface area contributed by atoms with Crippen molar-refractivity contribution in [3.05, 3.63) is 35.4 Å². The molecule has 1 unspecified atom stereocenters. The van der Waals surface area contributed by atoms with Crippen LogP contribution in [0.3, 0.4) is 0 Å². The second-order valence-corrected chi connectivity index (χ2v) is 6.41. The Kier molecular flexibility index (Phi) is 24.2. The number of carbonyl (C=O) groups is 5. The van der Waals surface area contributed by atoms with Gasteiger partial charge in [-0.3, -0.25) is 9.59 Å². The third-order valence-electron chi connectivity index (χ3n) is 3.69. The number of carbonyl (C=O) groups excluding carboxylic acids is 2. The predicted octanol–water partition coefficient (Wildman–Crippen LogP) is 3.69. The molecule has 5 N–H and O–H groups in total. The second-order valence-electron chi connectivity index (χ2n) is 6.41. The van der Waals surface area contributed by atoms with Gasteiger partial charge in [-0.15, -0.1) is 0 Å². The van der Waals surface area contributed by atoms with Crippen LogP contribution in [0.15, 0.2) is 24.3 Å². The lowest BCUT2D eigenvalue weighted by Crippen LogP contribution is -2.41. The van der Waals surface area contributed by atoms with Gasteiger partial charge in [-0.25, -0.2) is 14.4 Å². The van der Waals surface area contributed by atoms with E-state index in [2.05, 4.69) is 17.0 Å². The minimum Gasteiger partial charge on any atom is -0.481 e. The number of alkyl carbamates (subject to hydrolysis) is 1. The number of ether oxygens (including phenoxy) is 1. The van der Waals surface area contributed by atoms with E-state index in [-0.39, 0.29) is 12.3 Å². The van der Waals surface area contributed by atoms with Gasteiger partial charge in [-0.2, -0.15) is 0 Å². The summed E-state index contributed by atoms with van der Waals surface area (Å²) in [5, 5.41) is 29.9. The van der Waals surface area contributed by atoms with E-state index in [1.165, 1.54) is 5.56 Å². The average Bonchev–Trinajstić information content (AvgIpc) is 2.83. The summed E-state index contributed by atoms with van der Waals surface area (Å²) in [6, 6.07) is 6.18. The number of amides is 2. The van der Waals surface area contributed by atoms with Crippen LogP contribution >= 0.6 is 0 Å². The monoisotopic (exact) mass is 500 g/mol. The Bertz CT molecular complexity index is 750. The van der Waals surface area contributed by atoms with E-state index < -0.39 is 43.1 Å². The van der Waals surface area contributed by atoms with Gasteiger partial charge in [-0.1, -0.05) is 58.7 Å². The van der Waals surface area contributed by atoms with Crippen LogP contribution in [-0.2, 0) is 19.1 Å². The molecule has 35 heavy (non-hydrogen) atoms. The first-order valence-electron chi connectivity index (χ1n) is 11.5. The summed E-state index contributed by atoms with van der Waals surface area (Å²) < 4.78 is 4.13. The summed E-state index contributed by atoms with van der Waals surface area (Å²) in [6.07, 6.45) is 0.139. The zero-order valence-electron chi connectivity index (χ0n) is 21.4. The van der Waals surface area contributed by atoms with Crippen LogP contribution in [0.4, 0.5) is 4.79 Å². The maximum atomic E-state index is 11.5. The zero-order valence-corrected chi connectivity index (χ0v) is 21.4. The van der Waals surface area contributed by atoms with Crippen LogP contribution in [-0.4, -0.2) is 64.4 Å². The minimum atomic E-state index is -1.44. The first-order chi connectivity index (χ1) is 16.6. The Hall–Kier alpha value is -3.63. The first-order valence-corrected chi connectivity index (χ1v) is 11.5. The quantitative estimate of drug-likeness (QED) is 0.283. The number of hydrogen-bond donors (Lipinski definition) is 5. The molecule has 0 aliphatic rings. The molecular formula is C24H40N2O9. The molecule has 2 amide bonds. The van der Waals surface area contributed by atoms with E-state index in [4.69, 9.17) is 15.3 Å². The lowest BCUT2D eigenvalue weighted by molar-refractivity contribution is -0.140. The van der Waals surface area contributed by atoms with Gasteiger partial charge in [0.25, 0.3) is 5.91 Å². The third-order valence-corrected chi connectivity index (χ3v) is 3.69. The number of rotatable bonds is 11. The number of benzene rings is 1. The summed E-state index contributed by atoms with van der Waals surface area (Å²) >= 11 is 0. The van der Waals surface area contributed by atoms with Crippen LogP contribution in [0.2, 0.25) is 0 Å². The number of aryl methyl sites for hydroxylation is 1. The fourth-order valence-electron chi connectivity index (χ4n) is 2.02.